The van der Waals surface area contributed by atoms with Gasteiger partial charge < -0.3 is 5.32 Å². The molecule has 0 heterocycles. The lowest BCUT2D eigenvalue weighted by Crippen LogP contribution is -2.07. The van der Waals surface area contributed by atoms with Gasteiger partial charge in [0.05, 0.1) is 17.1 Å². The van der Waals surface area contributed by atoms with E-state index in [1.165, 1.54) is 12.1 Å². The molecule has 0 aliphatic rings. The SMILES string of the molecule is FC(F)(F)c1cc(NCC#Cc2ccccc2)ccc1Cl. The van der Waals surface area contributed by atoms with Crippen LogP contribution in [0.2, 0.25) is 5.02 Å². The van der Waals surface area contributed by atoms with E-state index in [4.69, 9.17) is 11.6 Å². The van der Waals surface area contributed by atoms with Gasteiger partial charge in [-0.05, 0) is 30.3 Å². The number of alkyl halides is 3. The Kier molecular flexibility index (Phi) is 4.77. The first-order chi connectivity index (χ1) is 9.97. The third-order valence-electron chi connectivity index (χ3n) is 2.66. The van der Waals surface area contributed by atoms with Gasteiger partial charge in [0.25, 0.3) is 0 Å². The maximum Gasteiger partial charge on any atom is 0.417 e. The lowest BCUT2D eigenvalue weighted by Gasteiger charge is -2.11. The van der Waals surface area contributed by atoms with Crippen molar-refractivity contribution in [3.63, 3.8) is 0 Å². The van der Waals surface area contributed by atoms with Crippen LogP contribution in [-0.4, -0.2) is 6.54 Å². The number of halogens is 4. The van der Waals surface area contributed by atoms with Gasteiger partial charge in [0.2, 0.25) is 0 Å². The molecule has 1 N–H and O–H groups in total. The van der Waals surface area contributed by atoms with E-state index in [1.54, 1.807) is 0 Å². The quantitative estimate of drug-likeness (QED) is 0.784. The zero-order chi connectivity index (χ0) is 15.3. The van der Waals surface area contributed by atoms with Crippen LogP contribution in [0.25, 0.3) is 0 Å². The summed E-state index contributed by atoms with van der Waals surface area (Å²) in [6.45, 7) is 0.244. The molecule has 0 aromatic heterocycles. The molecule has 21 heavy (non-hydrogen) atoms. The normalized spacial score (nSPS) is 10.7. The number of hydrogen-bond donors (Lipinski definition) is 1. The Morgan fingerprint density at radius 3 is 2.43 bits per heavy atom. The predicted octanol–water partition coefficient (Wildman–Crippen LogP) is 4.82. The van der Waals surface area contributed by atoms with E-state index in [0.717, 1.165) is 11.6 Å². The van der Waals surface area contributed by atoms with Crippen LogP contribution in [0, 0.1) is 11.8 Å². The first kappa shape index (κ1) is 15.3. The highest BCUT2D eigenvalue weighted by atomic mass is 35.5. The van der Waals surface area contributed by atoms with Crippen molar-refractivity contribution in [1.82, 2.24) is 0 Å². The Morgan fingerprint density at radius 2 is 1.76 bits per heavy atom. The summed E-state index contributed by atoms with van der Waals surface area (Å²) in [6.07, 6.45) is -4.47. The zero-order valence-electron chi connectivity index (χ0n) is 10.8. The van der Waals surface area contributed by atoms with Crippen molar-refractivity contribution in [1.29, 1.82) is 0 Å². The van der Waals surface area contributed by atoms with Gasteiger partial charge in [-0.3, -0.25) is 0 Å². The molecule has 0 unspecified atom stereocenters. The summed E-state index contributed by atoms with van der Waals surface area (Å²) in [5.41, 5.74) is 0.325. The highest BCUT2D eigenvalue weighted by Gasteiger charge is 2.33. The van der Waals surface area contributed by atoms with E-state index < -0.39 is 11.7 Å². The summed E-state index contributed by atoms with van der Waals surface area (Å²) in [5.74, 6) is 5.76. The molecule has 108 valence electrons. The Bertz CT molecular complexity index is 669. The summed E-state index contributed by atoms with van der Waals surface area (Å²) in [7, 11) is 0. The molecule has 0 spiro atoms. The summed E-state index contributed by atoms with van der Waals surface area (Å²) in [4.78, 5) is 0. The van der Waals surface area contributed by atoms with Crippen LogP contribution in [0.4, 0.5) is 18.9 Å². The maximum absolute atomic E-state index is 12.7. The number of benzene rings is 2. The second kappa shape index (κ2) is 6.55. The minimum absolute atomic E-state index is 0.244. The standard InChI is InChI=1S/C16H11ClF3N/c17-15-9-8-13(11-14(15)16(18,19)20)21-10-4-7-12-5-2-1-3-6-12/h1-3,5-6,8-9,11,21H,10H2. The molecule has 2 aromatic rings. The average molecular weight is 310 g/mol. The Balaban J connectivity index is 2.03. The fourth-order valence-electron chi connectivity index (χ4n) is 1.67. The summed E-state index contributed by atoms with van der Waals surface area (Å²) in [6, 6.07) is 13.0. The van der Waals surface area contributed by atoms with Gasteiger partial charge in [-0.25, -0.2) is 0 Å². The topological polar surface area (TPSA) is 12.0 Å². The Morgan fingerprint density at radius 1 is 1.05 bits per heavy atom. The Labute approximate surface area is 125 Å². The predicted molar refractivity (Wildman–Crippen MR) is 78.3 cm³/mol. The van der Waals surface area contributed by atoms with Crippen LogP contribution in [0.1, 0.15) is 11.1 Å². The molecule has 0 saturated carbocycles. The second-order valence-electron chi connectivity index (χ2n) is 4.21. The third-order valence-corrected chi connectivity index (χ3v) is 2.99. The summed E-state index contributed by atoms with van der Waals surface area (Å²) >= 11 is 5.55. The van der Waals surface area contributed by atoms with Crippen molar-refractivity contribution in [2.75, 3.05) is 11.9 Å². The fourth-order valence-corrected chi connectivity index (χ4v) is 1.89. The average Bonchev–Trinajstić information content (AvgIpc) is 2.45. The molecule has 0 saturated heterocycles. The highest BCUT2D eigenvalue weighted by Crippen LogP contribution is 2.36. The van der Waals surface area contributed by atoms with Crippen LogP contribution < -0.4 is 5.32 Å². The van der Waals surface area contributed by atoms with Crippen molar-refractivity contribution in [2.24, 2.45) is 0 Å². The lowest BCUT2D eigenvalue weighted by atomic mass is 10.2. The van der Waals surface area contributed by atoms with Gasteiger partial charge in [0, 0.05) is 11.3 Å². The lowest BCUT2D eigenvalue weighted by molar-refractivity contribution is -0.137. The van der Waals surface area contributed by atoms with Gasteiger partial charge in [-0.15, -0.1) is 0 Å². The second-order valence-corrected chi connectivity index (χ2v) is 4.62. The van der Waals surface area contributed by atoms with E-state index in [2.05, 4.69) is 17.2 Å². The molecule has 0 bridgehead atoms. The fraction of sp³-hybridized carbons (Fsp3) is 0.125. The van der Waals surface area contributed by atoms with Crippen LogP contribution in [0.15, 0.2) is 48.5 Å². The third kappa shape index (κ3) is 4.44. The number of nitrogens with one attached hydrogen (secondary N) is 1. The van der Waals surface area contributed by atoms with Crippen LogP contribution in [0.3, 0.4) is 0 Å². The van der Waals surface area contributed by atoms with Crippen molar-refractivity contribution in [3.05, 3.63) is 64.7 Å². The molecule has 0 fully saturated rings. The largest absolute Gasteiger partial charge is 0.417 e. The molecule has 0 aliphatic heterocycles. The monoisotopic (exact) mass is 309 g/mol. The first-order valence-electron chi connectivity index (χ1n) is 6.11. The molecule has 0 aliphatic carbocycles. The molecular weight excluding hydrogens is 299 g/mol. The maximum atomic E-state index is 12.7. The van der Waals surface area contributed by atoms with Gasteiger partial charge >= 0.3 is 6.18 Å². The number of rotatable bonds is 2. The van der Waals surface area contributed by atoms with Gasteiger partial charge in [0.1, 0.15) is 0 Å². The summed E-state index contributed by atoms with van der Waals surface area (Å²) in [5, 5.41) is 2.51. The molecule has 2 rings (SSSR count). The Hall–Kier alpha value is -2.12. The molecule has 1 nitrogen and oxygen atoms in total. The summed E-state index contributed by atoms with van der Waals surface area (Å²) < 4.78 is 38.1. The zero-order valence-corrected chi connectivity index (χ0v) is 11.6. The van der Waals surface area contributed by atoms with E-state index in [9.17, 15) is 13.2 Å². The van der Waals surface area contributed by atoms with Gasteiger partial charge in [-0.1, -0.05) is 41.6 Å². The van der Waals surface area contributed by atoms with Crippen LogP contribution in [-0.2, 0) is 6.18 Å². The minimum Gasteiger partial charge on any atom is -0.374 e. The van der Waals surface area contributed by atoms with E-state index in [-0.39, 0.29) is 11.6 Å². The molecular formula is C16H11ClF3N. The molecule has 0 radical (unpaired) electrons. The smallest absolute Gasteiger partial charge is 0.374 e. The molecule has 0 amide bonds. The van der Waals surface area contributed by atoms with Crippen molar-refractivity contribution >= 4 is 17.3 Å². The molecule has 2 aromatic carbocycles. The van der Waals surface area contributed by atoms with E-state index in [1.807, 2.05) is 30.3 Å². The number of hydrogen-bond acceptors (Lipinski definition) is 1. The first-order valence-corrected chi connectivity index (χ1v) is 6.49. The van der Waals surface area contributed by atoms with Crippen molar-refractivity contribution < 1.29 is 13.2 Å². The van der Waals surface area contributed by atoms with Crippen LogP contribution in [0.5, 0.6) is 0 Å². The highest BCUT2D eigenvalue weighted by molar-refractivity contribution is 6.31. The van der Waals surface area contributed by atoms with Gasteiger partial charge in [0.15, 0.2) is 0 Å². The van der Waals surface area contributed by atoms with Gasteiger partial charge in [-0.2, -0.15) is 13.2 Å². The molecule has 0 atom stereocenters. The van der Waals surface area contributed by atoms with Crippen molar-refractivity contribution in [2.45, 2.75) is 6.18 Å². The van der Waals surface area contributed by atoms with E-state index >= 15 is 0 Å². The van der Waals surface area contributed by atoms with Crippen LogP contribution >= 0.6 is 11.6 Å². The minimum atomic E-state index is -4.47. The number of anilines is 1. The van der Waals surface area contributed by atoms with Crippen molar-refractivity contribution in [3.8, 4) is 11.8 Å². The molecule has 5 heteroatoms. The van der Waals surface area contributed by atoms with E-state index in [0.29, 0.717) is 5.69 Å².